The summed E-state index contributed by atoms with van der Waals surface area (Å²) in [6.07, 6.45) is 7.91. The van der Waals surface area contributed by atoms with E-state index in [-0.39, 0.29) is 5.41 Å². The number of unbranched alkanes of at least 4 members (excludes halogenated alkanes) is 2. The highest BCUT2D eigenvalue weighted by atomic mass is 19.4. The molecule has 0 amide bonds. The van der Waals surface area contributed by atoms with Crippen molar-refractivity contribution in [3.05, 3.63) is 35.4 Å². The van der Waals surface area contributed by atoms with Crippen LogP contribution < -0.4 is 0 Å². The van der Waals surface area contributed by atoms with Gasteiger partial charge < -0.3 is 0 Å². The zero-order valence-corrected chi connectivity index (χ0v) is 20.4. The normalized spacial score (nSPS) is 24.7. The Bertz CT molecular complexity index is 724. The van der Waals surface area contributed by atoms with Gasteiger partial charge in [0.2, 0.25) is 0 Å². The van der Waals surface area contributed by atoms with Crippen LogP contribution >= 0.6 is 0 Å². The summed E-state index contributed by atoms with van der Waals surface area (Å²) in [4.78, 5) is 0. The van der Waals surface area contributed by atoms with Crippen LogP contribution in [0.3, 0.4) is 0 Å². The Kier molecular flexibility index (Phi) is 9.42. The van der Waals surface area contributed by atoms with Gasteiger partial charge in [0.15, 0.2) is 0 Å². The van der Waals surface area contributed by atoms with Gasteiger partial charge in [-0.3, -0.25) is 0 Å². The Morgan fingerprint density at radius 1 is 0.824 bits per heavy atom. The van der Waals surface area contributed by atoms with Crippen LogP contribution in [-0.4, -0.2) is 12.3 Å². The van der Waals surface area contributed by atoms with E-state index in [2.05, 4.69) is 6.92 Å². The number of hydrogen-bond acceptors (Lipinski definition) is 0. The topological polar surface area (TPSA) is 0 Å². The molecule has 2 saturated carbocycles. The highest BCUT2D eigenvalue weighted by Gasteiger charge is 2.57. The zero-order valence-electron chi connectivity index (χ0n) is 20.4. The molecule has 0 heterocycles. The van der Waals surface area contributed by atoms with Crippen molar-refractivity contribution in [3.63, 3.8) is 0 Å². The van der Waals surface area contributed by atoms with Crippen molar-refractivity contribution < 1.29 is 26.3 Å². The van der Waals surface area contributed by atoms with E-state index in [0.29, 0.717) is 5.92 Å². The van der Waals surface area contributed by atoms with Gasteiger partial charge in [0.05, 0.1) is 0 Å². The molecular formula is C28H40F6. The molecule has 1 aromatic rings. The van der Waals surface area contributed by atoms with E-state index in [1.54, 1.807) is 0 Å². The van der Waals surface area contributed by atoms with Crippen molar-refractivity contribution in [2.75, 3.05) is 0 Å². The van der Waals surface area contributed by atoms with Gasteiger partial charge in [0.1, 0.15) is 0 Å². The third-order valence-electron chi connectivity index (χ3n) is 8.51. The Morgan fingerprint density at radius 3 is 1.91 bits per heavy atom. The van der Waals surface area contributed by atoms with E-state index in [1.807, 2.05) is 0 Å². The van der Waals surface area contributed by atoms with Gasteiger partial charge in [-0.15, -0.1) is 0 Å². The van der Waals surface area contributed by atoms with Crippen LogP contribution in [0.25, 0.3) is 0 Å². The maximum atomic E-state index is 14.1. The van der Waals surface area contributed by atoms with Gasteiger partial charge >= 0.3 is 12.1 Å². The fraction of sp³-hybridized carbons (Fsp3) is 0.786. The molecule has 1 aromatic carbocycles. The second kappa shape index (κ2) is 11.7. The zero-order chi connectivity index (χ0) is 24.8. The smallest absolute Gasteiger partial charge is 0.230 e. The molecule has 194 valence electrons. The van der Waals surface area contributed by atoms with E-state index in [4.69, 9.17) is 0 Å². The molecule has 0 radical (unpaired) electrons. The summed E-state index contributed by atoms with van der Waals surface area (Å²) in [5.41, 5.74) is -0.0979. The lowest BCUT2D eigenvalue weighted by atomic mass is 9.65. The standard InChI is InChI=1S/C28H40F6/c1-2-3-5-8-21-9-11-22(12-10-21)17-20-26(18-6-4-7-19-26)23-13-15-24(16-14-23)27(30,31)25(29)28(32,33)34/h13-16,21-22,25H,2-12,17-20H2,1H3. The molecule has 0 aromatic heterocycles. The minimum atomic E-state index is -5.60. The van der Waals surface area contributed by atoms with Crippen LogP contribution in [0.5, 0.6) is 0 Å². The lowest BCUT2D eigenvalue weighted by molar-refractivity contribution is -0.248. The first-order chi connectivity index (χ1) is 16.1. The van der Waals surface area contributed by atoms with Crippen LogP contribution in [0.4, 0.5) is 26.3 Å². The molecule has 0 N–H and O–H groups in total. The number of halogens is 6. The second-order valence-corrected chi connectivity index (χ2v) is 10.9. The summed E-state index contributed by atoms with van der Waals surface area (Å²) in [6.45, 7) is 2.23. The lowest BCUT2D eigenvalue weighted by Crippen LogP contribution is -2.39. The number of rotatable bonds is 10. The summed E-state index contributed by atoms with van der Waals surface area (Å²) in [6, 6.07) is 5.07. The fourth-order valence-electron chi connectivity index (χ4n) is 6.28. The average molecular weight is 491 g/mol. The molecule has 0 spiro atoms. The fourth-order valence-corrected chi connectivity index (χ4v) is 6.28. The molecule has 2 fully saturated rings. The molecule has 0 nitrogen and oxygen atoms in total. The first-order valence-corrected chi connectivity index (χ1v) is 13.3. The number of benzene rings is 1. The lowest BCUT2D eigenvalue weighted by Gasteiger charge is -2.40. The average Bonchev–Trinajstić information content (AvgIpc) is 2.83. The van der Waals surface area contributed by atoms with E-state index < -0.39 is 23.8 Å². The SMILES string of the molecule is CCCCCC1CCC(CCC2(c3ccc(C(F)(F)C(F)C(F)(F)F)cc3)CCCCC2)CC1. The summed E-state index contributed by atoms with van der Waals surface area (Å²) < 4.78 is 79.5. The minimum Gasteiger partial charge on any atom is -0.230 e. The van der Waals surface area contributed by atoms with E-state index in [9.17, 15) is 26.3 Å². The second-order valence-electron chi connectivity index (χ2n) is 10.9. The first kappa shape index (κ1) is 27.4. The molecule has 0 saturated heterocycles. The largest absolute Gasteiger partial charge is 0.426 e. The van der Waals surface area contributed by atoms with Crippen LogP contribution in [0.1, 0.15) is 114 Å². The van der Waals surface area contributed by atoms with E-state index in [0.717, 1.165) is 68.6 Å². The number of alkyl halides is 6. The molecule has 1 unspecified atom stereocenters. The third kappa shape index (κ3) is 6.72. The molecule has 34 heavy (non-hydrogen) atoms. The van der Waals surface area contributed by atoms with Crippen molar-refractivity contribution in [3.8, 4) is 0 Å². The Balaban J connectivity index is 1.64. The summed E-state index contributed by atoms with van der Waals surface area (Å²) in [7, 11) is 0. The molecule has 2 aliphatic rings. The van der Waals surface area contributed by atoms with E-state index >= 15 is 0 Å². The van der Waals surface area contributed by atoms with Crippen LogP contribution in [-0.2, 0) is 11.3 Å². The molecule has 2 aliphatic carbocycles. The Morgan fingerprint density at radius 2 is 1.38 bits per heavy atom. The van der Waals surface area contributed by atoms with Crippen molar-refractivity contribution >= 4 is 0 Å². The highest BCUT2D eigenvalue weighted by molar-refractivity contribution is 5.32. The van der Waals surface area contributed by atoms with Crippen molar-refractivity contribution in [1.29, 1.82) is 0 Å². The summed E-state index contributed by atoms with van der Waals surface area (Å²) in [5, 5.41) is 0. The molecule has 0 bridgehead atoms. The quantitative estimate of drug-likeness (QED) is 0.226. The highest BCUT2D eigenvalue weighted by Crippen LogP contribution is 2.47. The Labute approximate surface area is 200 Å². The van der Waals surface area contributed by atoms with Gasteiger partial charge in [0.25, 0.3) is 6.17 Å². The maximum Gasteiger partial charge on any atom is 0.426 e. The van der Waals surface area contributed by atoms with Gasteiger partial charge in [0, 0.05) is 5.56 Å². The molecular weight excluding hydrogens is 450 g/mol. The van der Waals surface area contributed by atoms with Gasteiger partial charge in [-0.1, -0.05) is 102 Å². The van der Waals surface area contributed by atoms with Crippen LogP contribution in [0, 0.1) is 11.8 Å². The molecule has 1 atom stereocenters. The predicted octanol–water partition coefficient (Wildman–Crippen LogP) is 10.0. The van der Waals surface area contributed by atoms with Crippen molar-refractivity contribution in [2.24, 2.45) is 11.8 Å². The minimum absolute atomic E-state index is 0.108. The monoisotopic (exact) mass is 490 g/mol. The molecule has 0 aliphatic heterocycles. The van der Waals surface area contributed by atoms with Crippen LogP contribution in [0.15, 0.2) is 24.3 Å². The predicted molar refractivity (Wildman–Crippen MR) is 125 cm³/mol. The third-order valence-corrected chi connectivity index (χ3v) is 8.51. The van der Waals surface area contributed by atoms with Crippen molar-refractivity contribution in [2.45, 2.75) is 127 Å². The summed E-state index contributed by atoms with van der Waals surface area (Å²) in [5.74, 6) is -3.03. The molecule has 6 heteroatoms. The maximum absolute atomic E-state index is 14.1. The van der Waals surface area contributed by atoms with Crippen molar-refractivity contribution in [1.82, 2.24) is 0 Å². The summed E-state index contributed by atoms with van der Waals surface area (Å²) >= 11 is 0. The van der Waals surface area contributed by atoms with Gasteiger partial charge in [-0.25, -0.2) is 4.39 Å². The van der Waals surface area contributed by atoms with Gasteiger partial charge in [-0.05, 0) is 48.5 Å². The molecule has 3 rings (SSSR count). The Hall–Kier alpha value is -1.20. The van der Waals surface area contributed by atoms with Gasteiger partial charge in [-0.2, -0.15) is 22.0 Å². The van der Waals surface area contributed by atoms with E-state index in [1.165, 1.54) is 63.5 Å². The number of hydrogen-bond donors (Lipinski definition) is 0. The first-order valence-electron chi connectivity index (χ1n) is 13.3. The van der Waals surface area contributed by atoms with Crippen LogP contribution in [0.2, 0.25) is 0 Å².